The van der Waals surface area contributed by atoms with E-state index in [9.17, 15) is 15.0 Å². The Morgan fingerprint density at radius 2 is 1.33 bits per heavy atom. The Balaban J connectivity index is 1.59. The predicted molar refractivity (Wildman–Crippen MR) is 131 cm³/mol. The van der Waals surface area contributed by atoms with Crippen LogP contribution in [0.3, 0.4) is 0 Å². The minimum Gasteiger partial charge on any atom is -0.462 e. The number of hydrogen-bond acceptors (Lipinski definition) is 4. The fraction of sp³-hybridized carbons (Fsp3) is 0.897. The molecule has 8 atom stereocenters. The minimum absolute atomic E-state index is 0.0746. The van der Waals surface area contributed by atoms with Crippen LogP contribution in [0.15, 0.2) is 12.2 Å². The summed E-state index contributed by atoms with van der Waals surface area (Å²) in [6, 6.07) is 0. The van der Waals surface area contributed by atoms with Crippen molar-refractivity contribution >= 4 is 5.97 Å². The Kier molecular flexibility index (Phi) is 6.39. The molecule has 4 rings (SSSR count). The van der Waals surface area contributed by atoms with Crippen molar-refractivity contribution in [1.29, 1.82) is 0 Å². The van der Waals surface area contributed by atoms with Crippen molar-refractivity contribution in [3.63, 3.8) is 0 Å². The van der Waals surface area contributed by atoms with Crippen LogP contribution in [0.5, 0.6) is 0 Å². The van der Waals surface area contributed by atoms with Gasteiger partial charge in [0.15, 0.2) is 0 Å². The largest absolute Gasteiger partial charge is 0.462 e. The second-order valence-electron chi connectivity index (χ2n) is 13.7. The molecule has 0 bridgehead atoms. The van der Waals surface area contributed by atoms with Crippen molar-refractivity contribution in [2.24, 2.45) is 39.4 Å². The molecule has 3 saturated carbocycles. The molecule has 0 amide bonds. The molecular formula is C29H48O4. The molecule has 4 fully saturated rings. The molecule has 0 radical (unpaired) electrons. The van der Waals surface area contributed by atoms with Gasteiger partial charge < -0.3 is 14.9 Å². The molecule has 4 aliphatic rings. The third kappa shape index (κ3) is 3.92. The van der Waals surface area contributed by atoms with Crippen LogP contribution in [0.25, 0.3) is 0 Å². The second kappa shape index (κ2) is 8.36. The summed E-state index contributed by atoms with van der Waals surface area (Å²) in [6.07, 6.45) is 8.16. The van der Waals surface area contributed by atoms with Gasteiger partial charge in [-0.2, -0.15) is 0 Å². The van der Waals surface area contributed by atoms with Crippen LogP contribution in [0, 0.1) is 39.4 Å². The van der Waals surface area contributed by atoms with E-state index in [1.54, 1.807) is 0 Å². The van der Waals surface area contributed by atoms with Gasteiger partial charge in [0, 0.05) is 11.8 Å². The zero-order valence-corrected chi connectivity index (χ0v) is 22.0. The fourth-order valence-corrected chi connectivity index (χ4v) is 9.18. The van der Waals surface area contributed by atoms with E-state index in [4.69, 9.17) is 4.74 Å². The van der Waals surface area contributed by atoms with Crippen molar-refractivity contribution in [1.82, 2.24) is 0 Å². The first kappa shape index (κ1) is 25.2. The highest BCUT2D eigenvalue weighted by atomic mass is 16.5. The van der Waals surface area contributed by atoms with Crippen molar-refractivity contribution < 1.29 is 19.7 Å². The zero-order valence-electron chi connectivity index (χ0n) is 22.0. The van der Waals surface area contributed by atoms with Gasteiger partial charge in [0.1, 0.15) is 6.10 Å². The second-order valence-corrected chi connectivity index (χ2v) is 13.7. The van der Waals surface area contributed by atoms with E-state index in [2.05, 4.69) is 48.1 Å². The molecule has 1 saturated heterocycles. The topological polar surface area (TPSA) is 66.8 Å². The SMILES string of the molecule is C=C1CC[C@H]2C(C)(C)C(O)CC[C@]2(C)C1CCC1OC(=O)CC[C@H]2C(C)(C)C(O)CC[C@]12C. The molecule has 4 nitrogen and oxygen atoms in total. The molecule has 3 aliphatic carbocycles. The van der Waals surface area contributed by atoms with Crippen molar-refractivity contribution in [2.75, 3.05) is 0 Å². The average Bonchev–Trinajstić information content (AvgIpc) is 2.85. The van der Waals surface area contributed by atoms with E-state index < -0.39 is 0 Å². The molecule has 2 N–H and O–H groups in total. The van der Waals surface area contributed by atoms with Gasteiger partial charge in [-0.25, -0.2) is 0 Å². The Labute approximate surface area is 201 Å². The van der Waals surface area contributed by atoms with Crippen molar-refractivity contribution in [2.45, 2.75) is 124 Å². The van der Waals surface area contributed by atoms with E-state index >= 15 is 0 Å². The molecule has 33 heavy (non-hydrogen) atoms. The molecular weight excluding hydrogens is 412 g/mol. The number of aliphatic hydroxyl groups excluding tert-OH is 2. The van der Waals surface area contributed by atoms with Gasteiger partial charge in [-0.3, -0.25) is 4.79 Å². The number of esters is 1. The molecule has 188 valence electrons. The summed E-state index contributed by atoms with van der Waals surface area (Å²) in [5.41, 5.74) is 1.08. The molecule has 1 heterocycles. The number of ether oxygens (including phenoxy) is 1. The maximum atomic E-state index is 12.7. The smallest absolute Gasteiger partial charge is 0.306 e. The summed E-state index contributed by atoms with van der Waals surface area (Å²) < 4.78 is 6.18. The van der Waals surface area contributed by atoms with Gasteiger partial charge in [-0.05, 0) is 91.8 Å². The maximum absolute atomic E-state index is 12.7. The van der Waals surface area contributed by atoms with Crippen LogP contribution in [0.4, 0.5) is 0 Å². The quantitative estimate of drug-likeness (QED) is 0.398. The number of rotatable bonds is 3. The lowest BCUT2D eigenvalue weighted by Gasteiger charge is -2.60. The number of allylic oxidation sites excluding steroid dienone is 1. The molecule has 0 spiro atoms. The Morgan fingerprint density at radius 3 is 1.94 bits per heavy atom. The summed E-state index contributed by atoms with van der Waals surface area (Å²) in [6.45, 7) is 18.1. The number of carbonyl (C=O) groups is 1. The average molecular weight is 461 g/mol. The summed E-state index contributed by atoms with van der Waals surface area (Å²) in [5.74, 6) is 1.07. The highest BCUT2D eigenvalue weighted by Gasteiger charge is 2.58. The fourth-order valence-electron chi connectivity index (χ4n) is 9.18. The third-order valence-electron chi connectivity index (χ3n) is 11.4. The Bertz CT molecular complexity index is 784. The number of carbonyl (C=O) groups excluding carboxylic acids is 1. The van der Waals surface area contributed by atoms with Crippen LogP contribution in [0.1, 0.15) is 106 Å². The number of fused-ring (bicyclic) bond motifs is 2. The van der Waals surface area contributed by atoms with E-state index in [1.165, 1.54) is 5.57 Å². The van der Waals surface area contributed by atoms with E-state index in [0.717, 1.165) is 57.8 Å². The summed E-state index contributed by atoms with van der Waals surface area (Å²) >= 11 is 0. The summed E-state index contributed by atoms with van der Waals surface area (Å²) in [5, 5.41) is 21.5. The molecule has 4 unspecified atom stereocenters. The first-order valence-corrected chi connectivity index (χ1v) is 13.5. The van der Waals surface area contributed by atoms with Gasteiger partial charge in [0.25, 0.3) is 0 Å². The molecule has 0 aromatic heterocycles. The lowest BCUT2D eigenvalue weighted by atomic mass is 9.46. The molecule has 1 aliphatic heterocycles. The molecule has 4 heteroatoms. The minimum atomic E-state index is -0.321. The first-order valence-electron chi connectivity index (χ1n) is 13.5. The summed E-state index contributed by atoms with van der Waals surface area (Å²) in [7, 11) is 0. The molecule has 0 aromatic rings. The monoisotopic (exact) mass is 460 g/mol. The normalized spacial score (nSPS) is 47.2. The number of hydrogen-bond donors (Lipinski definition) is 2. The first-order chi connectivity index (χ1) is 15.2. The van der Waals surface area contributed by atoms with Gasteiger partial charge in [0.05, 0.1) is 12.2 Å². The van der Waals surface area contributed by atoms with Crippen LogP contribution in [-0.2, 0) is 9.53 Å². The van der Waals surface area contributed by atoms with Gasteiger partial charge in [-0.15, -0.1) is 0 Å². The predicted octanol–water partition coefficient (Wildman–Crippen LogP) is 6.05. The lowest BCUT2D eigenvalue weighted by molar-refractivity contribution is -0.167. The standard InChI is InChI=1S/C29H48O4/c1-18-8-10-20-26(2,3)22(30)14-16-28(20,6)19(18)9-12-24-29(7)17-15-23(31)27(4,5)21(29)11-13-25(32)33-24/h19-24,30-31H,1,8-17H2,2-7H3/t19?,20-,21-,22?,23?,24?,28+,29-/m0/s1. The van der Waals surface area contributed by atoms with Crippen LogP contribution in [-0.4, -0.2) is 34.5 Å². The Morgan fingerprint density at radius 1 is 0.818 bits per heavy atom. The van der Waals surface area contributed by atoms with Gasteiger partial charge in [-0.1, -0.05) is 53.7 Å². The zero-order chi connectivity index (χ0) is 24.4. The van der Waals surface area contributed by atoms with Gasteiger partial charge >= 0.3 is 5.97 Å². The van der Waals surface area contributed by atoms with Crippen LogP contribution in [0.2, 0.25) is 0 Å². The van der Waals surface area contributed by atoms with Crippen LogP contribution >= 0.6 is 0 Å². The number of cyclic esters (lactones) is 1. The third-order valence-corrected chi connectivity index (χ3v) is 11.4. The molecule has 0 aromatic carbocycles. The lowest BCUT2D eigenvalue weighted by Crippen LogP contribution is -2.55. The van der Waals surface area contributed by atoms with Crippen molar-refractivity contribution in [3.05, 3.63) is 12.2 Å². The maximum Gasteiger partial charge on any atom is 0.306 e. The Hall–Kier alpha value is -0.870. The van der Waals surface area contributed by atoms with E-state index in [1.807, 2.05) is 0 Å². The van der Waals surface area contributed by atoms with Gasteiger partial charge in [0.2, 0.25) is 0 Å². The number of aliphatic hydroxyl groups is 2. The van der Waals surface area contributed by atoms with E-state index in [0.29, 0.717) is 18.3 Å². The summed E-state index contributed by atoms with van der Waals surface area (Å²) in [4.78, 5) is 12.7. The van der Waals surface area contributed by atoms with Crippen molar-refractivity contribution in [3.8, 4) is 0 Å². The highest BCUT2D eigenvalue weighted by Crippen LogP contribution is 2.63. The highest BCUT2D eigenvalue weighted by molar-refractivity contribution is 5.70. The van der Waals surface area contributed by atoms with Crippen LogP contribution < -0.4 is 0 Å². The van der Waals surface area contributed by atoms with E-state index in [-0.39, 0.29) is 51.9 Å².